The van der Waals surface area contributed by atoms with E-state index >= 15 is 0 Å². The van der Waals surface area contributed by atoms with Crippen molar-refractivity contribution in [2.45, 2.75) is 57.7 Å². The first-order valence-electron chi connectivity index (χ1n) is 7.27. The SMILES string of the molecule is Cc1ccc(CNC(=O)CC2CC3CCC(C2)N3)s1. The van der Waals surface area contributed by atoms with Gasteiger partial charge in [-0.05, 0) is 50.7 Å². The second-order valence-electron chi connectivity index (χ2n) is 5.97. The van der Waals surface area contributed by atoms with Crippen LogP contribution < -0.4 is 10.6 Å². The summed E-state index contributed by atoms with van der Waals surface area (Å²) in [5.74, 6) is 0.807. The largest absolute Gasteiger partial charge is 0.351 e. The maximum absolute atomic E-state index is 12.0. The Labute approximate surface area is 118 Å². The molecule has 4 heteroatoms. The predicted octanol–water partition coefficient (Wildman–Crippen LogP) is 2.59. The molecule has 0 saturated carbocycles. The van der Waals surface area contributed by atoms with Gasteiger partial charge in [-0.3, -0.25) is 4.79 Å². The zero-order valence-corrected chi connectivity index (χ0v) is 12.3. The lowest BCUT2D eigenvalue weighted by atomic mass is 9.89. The Bertz CT molecular complexity index is 445. The third-order valence-corrected chi connectivity index (χ3v) is 5.30. The van der Waals surface area contributed by atoms with Crippen LogP contribution in [-0.2, 0) is 11.3 Å². The first-order chi connectivity index (χ1) is 9.19. The average molecular weight is 278 g/mol. The lowest BCUT2D eigenvalue weighted by Crippen LogP contribution is -2.39. The second-order valence-corrected chi connectivity index (χ2v) is 7.34. The number of piperidine rings is 1. The number of hydrogen-bond donors (Lipinski definition) is 2. The minimum atomic E-state index is 0.220. The fourth-order valence-corrected chi connectivity index (χ4v) is 4.27. The fraction of sp³-hybridized carbons (Fsp3) is 0.667. The Kier molecular flexibility index (Phi) is 3.89. The topological polar surface area (TPSA) is 41.1 Å². The van der Waals surface area contributed by atoms with E-state index in [1.165, 1.54) is 35.4 Å². The predicted molar refractivity (Wildman–Crippen MR) is 78.2 cm³/mol. The lowest BCUT2D eigenvalue weighted by Gasteiger charge is -2.28. The number of thiophene rings is 1. The number of rotatable bonds is 4. The molecule has 2 atom stereocenters. The highest BCUT2D eigenvalue weighted by molar-refractivity contribution is 7.11. The van der Waals surface area contributed by atoms with E-state index in [1.54, 1.807) is 11.3 Å². The van der Waals surface area contributed by atoms with Gasteiger partial charge in [-0.1, -0.05) is 0 Å². The molecule has 3 nitrogen and oxygen atoms in total. The maximum Gasteiger partial charge on any atom is 0.220 e. The van der Waals surface area contributed by atoms with Crippen molar-refractivity contribution in [3.63, 3.8) is 0 Å². The molecule has 2 fully saturated rings. The van der Waals surface area contributed by atoms with Gasteiger partial charge in [-0.15, -0.1) is 11.3 Å². The highest BCUT2D eigenvalue weighted by Crippen LogP contribution is 2.32. The summed E-state index contributed by atoms with van der Waals surface area (Å²) < 4.78 is 0. The van der Waals surface area contributed by atoms with Crippen LogP contribution >= 0.6 is 11.3 Å². The summed E-state index contributed by atoms with van der Waals surface area (Å²) in [5.41, 5.74) is 0. The van der Waals surface area contributed by atoms with Crippen LogP contribution in [-0.4, -0.2) is 18.0 Å². The molecule has 2 bridgehead atoms. The number of aryl methyl sites for hydroxylation is 1. The summed E-state index contributed by atoms with van der Waals surface area (Å²) in [6, 6.07) is 5.56. The van der Waals surface area contributed by atoms with E-state index in [0.717, 1.165) is 0 Å². The van der Waals surface area contributed by atoms with Crippen molar-refractivity contribution in [2.75, 3.05) is 0 Å². The van der Waals surface area contributed by atoms with Crippen LogP contribution in [0, 0.1) is 12.8 Å². The van der Waals surface area contributed by atoms with Crippen molar-refractivity contribution in [1.29, 1.82) is 0 Å². The first-order valence-corrected chi connectivity index (χ1v) is 8.09. The Morgan fingerprint density at radius 1 is 1.37 bits per heavy atom. The standard InChI is InChI=1S/C15H22N2OS/c1-10-2-5-14(19-10)9-16-15(18)8-11-6-12-3-4-13(7-11)17-12/h2,5,11-13,17H,3-4,6-9H2,1H3,(H,16,18). The number of carbonyl (C=O) groups excluding carboxylic acids is 1. The Morgan fingerprint density at radius 2 is 2.11 bits per heavy atom. The smallest absolute Gasteiger partial charge is 0.220 e. The van der Waals surface area contributed by atoms with Crippen molar-refractivity contribution in [3.05, 3.63) is 21.9 Å². The summed E-state index contributed by atoms with van der Waals surface area (Å²) in [6.07, 6.45) is 5.68. The van der Waals surface area contributed by atoms with E-state index in [2.05, 4.69) is 29.7 Å². The van der Waals surface area contributed by atoms with Gasteiger partial charge in [0, 0.05) is 28.3 Å². The quantitative estimate of drug-likeness (QED) is 0.889. The monoisotopic (exact) mass is 278 g/mol. The van der Waals surface area contributed by atoms with Crippen LogP contribution in [0.15, 0.2) is 12.1 Å². The van der Waals surface area contributed by atoms with Gasteiger partial charge in [-0.25, -0.2) is 0 Å². The first kappa shape index (κ1) is 13.1. The molecule has 2 unspecified atom stereocenters. The van der Waals surface area contributed by atoms with E-state index in [-0.39, 0.29) is 5.91 Å². The average Bonchev–Trinajstić information content (AvgIpc) is 2.93. The molecule has 0 radical (unpaired) electrons. The number of fused-ring (bicyclic) bond motifs is 2. The third-order valence-electron chi connectivity index (χ3n) is 4.30. The normalized spacial score (nSPS) is 29.4. The summed E-state index contributed by atoms with van der Waals surface area (Å²) >= 11 is 1.76. The van der Waals surface area contributed by atoms with Gasteiger partial charge in [0.05, 0.1) is 6.54 Å². The van der Waals surface area contributed by atoms with E-state index in [1.807, 2.05) is 0 Å². The van der Waals surface area contributed by atoms with Crippen molar-refractivity contribution in [1.82, 2.24) is 10.6 Å². The molecule has 2 aliphatic rings. The van der Waals surface area contributed by atoms with Crippen molar-refractivity contribution in [3.8, 4) is 0 Å². The van der Waals surface area contributed by atoms with Crippen LogP contribution in [0.1, 0.15) is 41.9 Å². The van der Waals surface area contributed by atoms with Gasteiger partial charge in [0.25, 0.3) is 0 Å². The van der Waals surface area contributed by atoms with Crippen molar-refractivity contribution < 1.29 is 4.79 Å². The molecular formula is C15H22N2OS. The zero-order valence-electron chi connectivity index (χ0n) is 11.4. The zero-order chi connectivity index (χ0) is 13.2. The van der Waals surface area contributed by atoms with Gasteiger partial charge in [0.2, 0.25) is 5.91 Å². The number of nitrogens with one attached hydrogen (secondary N) is 2. The Hall–Kier alpha value is -0.870. The lowest BCUT2D eigenvalue weighted by molar-refractivity contribution is -0.122. The highest BCUT2D eigenvalue weighted by Gasteiger charge is 2.34. The molecule has 3 heterocycles. The molecule has 2 aliphatic heterocycles. The van der Waals surface area contributed by atoms with Crippen LogP contribution in [0.2, 0.25) is 0 Å². The Balaban J connectivity index is 1.44. The molecule has 3 rings (SSSR count). The number of carbonyl (C=O) groups is 1. The van der Waals surface area contributed by atoms with E-state index in [0.29, 0.717) is 31.0 Å². The second kappa shape index (κ2) is 5.63. The summed E-state index contributed by atoms with van der Waals surface area (Å²) in [5, 5.41) is 6.68. The molecule has 0 spiro atoms. The van der Waals surface area contributed by atoms with Crippen molar-refractivity contribution >= 4 is 17.2 Å². The molecule has 1 amide bonds. The molecule has 1 aromatic rings. The molecule has 1 aromatic heterocycles. The summed E-state index contributed by atoms with van der Waals surface area (Å²) in [4.78, 5) is 14.5. The van der Waals surface area contributed by atoms with Crippen LogP contribution in [0.4, 0.5) is 0 Å². The molecule has 0 aromatic carbocycles. The molecular weight excluding hydrogens is 256 g/mol. The fourth-order valence-electron chi connectivity index (χ4n) is 3.44. The number of hydrogen-bond acceptors (Lipinski definition) is 3. The molecule has 2 saturated heterocycles. The maximum atomic E-state index is 12.0. The van der Waals surface area contributed by atoms with Gasteiger partial charge in [0.15, 0.2) is 0 Å². The van der Waals surface area contributed by atoms with Gasteiger partial charge in [0.1, 0.15) is 0 Å². The Morgan fingerprint density at radius 3 is 2.74 bits per heavy atom. The van der Waals surface area contributed by atoms with Crippen molar-refractivity contribution in [2.24, 2.45) is 5.92 Å². The number of amides is 1. The molecule has 0 aliphatic carbocycles. The van der Waals surface area contributed by atoms with E-state index in [4.69, 9.17) is 0 Å². The molecule has 19 heavy (non-hydrogen) atoms. The van der Waals surface area contributed by atoms with Gasteiger partial charge < -0.3 is 10.6 Å². The molecule has 2 N–H and O–H groups in total. The van der Waals surface area contributed by atoms with Gasteiger partial charge in [-0.2, -0.15) is 0 Å². The third kappa shape index (κ3) is 3.37. The summed E-state index contributed by atoms with van der Waals surface area (Å²) in [6.45, 7) is 2.79. The minimum Gasteiger partial charge on any atom is -0.351 e. The summed E-state index contributed by atoms with van der Waals surface area (Å²) in [7, 11) is 0. The van der Waals surface area contributed by atoms with Gasteiger partial charge >= 0.3 is 0 Å². The highest BCUT2D eigenvalue weighted by atomic mass is 32.1. The van der Waals surface area contributed by atoms with E-state index in [9.17, 15) is 4.79 Å². The van der Waals surface area contributed by atoms with Crippen LogP contribution in [0.25, 0.3) is 0 Å². The minimum absolute atomic E-state index is 0.220. The van der Waals surface area contributed by atoms with E-state index < -0.39 is 0 Å². The molecule has 104 valence electrons. The van der Waals surface area contributed by atoms with Crippen LogP contribution in [0.5, 0.6) is 0 Å². The van der Waals surface area contributed by atoms with Crippen LogP contribution in [0.3, 0.4) is 0 Å².